The summed E-state index contributed by atoms with van der Waals surface area (Å²) in [5.74, 6) is 2.74. The van der Waals surface area contributed by atoms with E-state index in [4.69, 9.17) is 5.73 Å². The highest BCUT2D eigenvalue weighted by atomic mass is 32.1. The summed E-state index contributed by atoms with van der Waals surface area (Å²) in [6, 6.07) is 0. The summed E-state index contributed by atoms with van der Waals surface area (Å²) in [7, 11) is 0. The molecule has 4 aliphatic rings. The highest BCUT2D eigenvalue weighted by molar-refractivity contribution is 7.15. The van der Waals surface area contributed by atoms with Gasteiger partial charge >= 0.3 is 0 Å². The average Bonchev–Trinajstić information content (AvgIpc) is 2.69. The van der Waals surface area contributed by atoms with Crippen LogP contribution in [0.4, 0.5) is 5.00 Å². The third kappa shape index (κ3) is 1.48. The summed E-state index contributed by atoms with van der Waals surface area (Å²) in [6.07, 6.45) is 8.19. The molecule has 4 saturated carbocycles. The molecule has 4 aliphatic carbocycles. The van der Waals surface area contributed by atoms with Crippen LogP contribution in [0.2, 0.25) is 0 Å². The Hall–Kier alpha value is -0.610. The van der Waals surface area contributed by atoms with Gasteiger partial charge in [0, 0.05) is 5.41 Å². The Balaban J connectivity index is 1.76. The fraction of sp³-hybridized carbons (Fsp3) is 0.786. The summed E-state index contributed by atoms with van der Waals surface area (Å²) in [5.41, 5.74) is 7.58. The summed E-state index contributed by atoms with van der Waals surface area (Å²) < 4.78 is 0. The number of thiazole rings is 1. The predicted octanol–water partition coefficient (Wildman–Crippen LogP) is 2.69. The van der Waals surface area contributed by atoms with Crippen molar-refractivity contribution >= 4 is 16.3 Å². The summed E-state index contributed by atoms with van der Waals surface area (Å²) >= 11 is 1.48. The van der Waals surface area contributed by atoms with Crippen LogP contribution >= 0.6 is 11.3 Å². The summed E-state index contributed by atoms with van der Waals surface area (Å²) in [5, 5.41) is 10.9. The Morgan fingerprint density at radius 3 is 2.17 bits per heavy atom. The second-order valence-corrected chi connectivity index (χ2v) is 7.79. The van der Waals surface area contributed by atoms with Crippen molar-refractivity contribution in [2.75, 3.05) is 5.73 Å². The smallest absolute Gasteiger partial charge is 0.120 e. The van der Waals surface area contributed by atoms with E-state index >= 15 is 0 Å². The number of hydrogen-bond donors (Lipinski definition) is 2. The summed E-state index contributed by atoms with van der Waals surface area (Å²) in [6.45, 7) is 0.0290. The molecule has 5 rings (SSSR count). The molecule has 18 heavy (non-hydrogen) atoms. The lowest BCUT2D eigenvalue weighted by molar-refractivity contribution is -0.00669. The monoisotopic (exact) mass is 264 g/mol. The van der Waals surface area contributed by atoms with E-state index in [2.05, 4.69) is 4.98 Å². The van der Waals surface area contributed by atoms with E-state index in [0.29, 0.717) is 0 Å². The third-order valence-corrected chi connectivity index (χ3v) is 6.24. The number of aliphatic hydroxyl groups is 1. The quantitative estimate of drug-likeness (QED) is 0.863. The van der Waals surface area contributed by atoms with Crippen LogP contribution in [0.5, 0.6) is 0 Å². The molecule has 0 unspecified atom stereocenters. The Bertz CT molecular complexity index is 447. The Labute approximate surface area is 111 Å². The predicted molar refractivity (Wildman–Crippen MR) is 72.3 cm³/mol. The number of nitrogen functional groups attached to an aromatic ring is 1. The first-order chi connectivity index (χ1) is 8.68. The molecule has 98 valence electrons. The van der Waals surface area contributed by atoms with Gasteiger partial charge in [0.2, 0.25) is 0 Å². The zero-order chi connectivity index (χ0) is 12.3. The molecular weight excluding hydrogens is 244 g/mol. The molecule has 1 aromatic rings. The van der Waals surface area contributed by atoms with Gasteiger partial charge in [0.15, 0.2) is 0 Å². The van der Waals surface area contributed by atoms with Gasteiger partial charge in [-0.1, -0.05) is 11.3 Å². The second kappa shape index (κ2) is 3.70. The van der Waals surface area contributed by atoms with E-state index in [1.54, 1.807) is 0 Å². The first-order valence-corrected chi connectivity index (χ1v) is 7.87. The molecule has 4 fully saturated rings. The molecule has 0 atom stereocenters. The van der Waals surface area contributed by atoms with Crippen LogP contribution in [0.25, 0.3) is 0 Å². The molecule has 1 heterocycles. The van der Waals surface area contributed by atoms with Crippen LogP contribution < -0.4 is 5.73 Å². The van der Waals surface area contributed by atoms with Crippen LogP contribution in [-0.2, 0) is 12.0 Å². The molecule has 0 aliphatic heterocycles. The molecule has 0 amide bonds. The number of hydrogen-bond acceptors (Lipinski definition) is 4. The Morgan fingerprint density at radius 1 is 1.17 bits per heavy atom. The van der Waals surface area contributed by atoms with Crippen LogP contribution in [0.3, 0.4) is 0 Å². The standard InChI is InChI=1S/C14H20N2OS/c15-13-12(16-11(7-17)18-13)14-4-8-1-9(5-14)3-10(2-8)6-14/h8-10,17H,1-7,15H2. The van der Waals surface area contributed by atoms with Gasteiger partial charge in [-0.25, -0.2) is 4.98 Å². The minimum atomic E-state index is 0.0290. The molecular formula is C14H20N2OS. The van der Waals surface area contributed by atoms with Gasteiger partial charge in [-0.05, 0) is 56.3 Å². The zero-order valence-electron chi connectivity index (χ0n) is 10.6. The van der Waals surface area contributed by atoms with Crippen LogP contribution in [-0.4, -0.2) is 10.1 Å². The van der Waals surface area contributed by atoms with Gasteiger partial charge in [0.25, 0.3) is 0 Å². The van der Waals surface area contributed by atoms with Gasteiger partial charge in [-0.2, -0.15) is 0 Å². The third-order valence-electron chi connectivity index (χ3n) is 5.37. The van der Waals surface area contributed by atoms with Gasteiger partial charge in [0.05, 0.1) is 12.3 Å². The van der Waals surface area contributed by atoms with Crippen LogP contribution in [0.15, 0.2) is 0 Å². The minimum absolute atomic E-state index is 0.0290. The topological polar surface area (TPSA) is 59.1 Å². The molecule has 3 N–H and O–H groups in total. The number of rotatable bonds is 2. The van der Waals surface area contributed by atoms with Crippen molar-refractivity contribution in [2.24, 2.45) is 17.8 Å². The zero-order valence-corrected chi connectivity index (χ0v) is 11.4. The second-order valence-electron chi connectivity index (χ2n) is 6.68. The lowest BCUT2D eigenvalue weighted by Crippen LogP contribution is -2.49. The molecule has 0 saturated heterocycles. The maximum absolute atomic E-state index is 9.25. The molecule has 0 aromatic carbocycles. The number of nitrogens with two attached hydrogens (primary N) is 1. The first kappa shape index (κ1) is 11.2. The molecule has 3 nitrogen and oxygen atoms in total. The number of nitrogens with zero attached hydrogens (tertiary/aromatic N) is 1. The van der Waals surface area contributed by atoms with Gasteiger partial charge in [0.1, 0.15) is 10.0 Å². The maximum Gasteiger partial charge on any atom is 0.120 e. The number of aliphatic hydroxyl groups excluding tert-OH is 1. The van der Waals surface area contributed by atoms with Crippen molar-refractivity contribution in [2.45, 2.75) is 50.5 Å². The molecule has 0 radical (unpaired) electrons. The Morgan fingerprint density at radius 2 is 1.72 bits per heavy atom. The normalized spacial score (nSPS) is 41.5. The molecule has 4 bridgehead atoms. The van der Waals surface area contributed by atoms with E-state index in [1.165, 1.54) is 49.9 Å². The SMILES string of the molecule is Nc1sc(CO)nc1C12CC3CC(CC(C3)C1)C2. The largest absolute Gasteiger partial charge is 0.389 e. The van der Waals surface area contributed by atoms with Crippen LogP contribution in [0, 0.1) is 17.8 Å². The highest BCUT2D eigenvalue weighted by Gasteiger charge is 2.53. The average molecular weight is 264 g/mol. The van der Waals surface area contributed by atoms with Gasteiger partial charge < -0.3 is 10.8 Å². The lowest BCUT2D eigenvalue weighted by atomic mass is 9.49. The highest BCUT2D eigenvalue weighted by Crippen LogP contribution is 2.61. The van der Waals surface area contributed by atoms with Crippen molar-refractivity contribution in [3.8, 4) is 0 Å². The number of aromatic nitrogens is 1. The van der Waals surface area contributed by atoms with Crippen molar-refractivity contribution < 1.29 is 5.11 Å². The minimum Gasteiger partial charge on any atom is -0.389 e. The fourth-order valence-corrected chi connectivity index (χ4v) is 6.04. The van der Waals surface area contributed by atoms with Crippen molar-refractivity contribution in [3.05, 3.63) is 10.7 Å². The van der Waals surface area contributed by atoms with Crippen molar-refractivity contribution in [1.82, 2.24) is 4.98 Å². The Kier molecular flexibility index (Phi) is 2.31. The summed E-state index contributed by atoms with van der Waals surface area (Å²) in [4.78, 5) is 4.66. The van der Waals surface area contributed by atoms with E-state index in [0.717, 1.165) is 33.5 Å². The molecule has 0 spiro atoms. The number of anilines is 1. The molecule has 4 heteroatoms. The lowest BCUT2D eigenvalue weighted by Gasteiger charge is -2.56. The van der Waals surface area contributed by atoms with E-state index < -0.39 is 0 Å². The fourth-order valence-electron chi connectivity index (χ4n) is 5.23. The van der Waals surface area contributed by atoms with E-state index in [9.17, 15) is 5.11 Å². The molecule has 1 aromatic heterocycles. The van der Waals surface area contributed by atoms with Crippen molar-refractivity contribution in [3.63, 3.8) is 0 Å². The van der Waals surface area contributed by atoms with Gasteiger partial charge in [-0.15, -0.1) is 0 Å². The van der Waals surface area contributed by atoms with Gasteiger partial charge in [-0.3, -0.25) is 0 Å². The van der Waals surface area contributed by atoms with E-state index in [-0.39, 0.29) is 12.0 Å². The maximum atomic E-state index is 9.25. The van der Waals surface area contributed by atoms with E-state index in [1.807, 2.05) is 0 Å². The first-order valence-electron chi connectivity index (χ1n) is 7.05. The van der Waals surface area contributed by atoms with Crippen LogP contribution in [0.1, 0.15) is 49.2 Å². The van der Waals surface area contributed by atoms with Crippen molar-refractivity contribution in [1.29, 1.82) is 0 Å².